The molecule has 0 heterocycles. The lowest BCUT2D eigenvalue weighted by atomic mass is 10.2. The second kappa shape index (κ2) is 4.41. The van der Waals surface area contributed by atoms with Gasteiger partial charge in [-0.25, -0.2) is 0 Å². The Labute approximate surface area is 89.0 Å². The van der Waals surface area contributed by atoms with Crippen molar-refractivity contribution in [3.05, 3.63) is 38.7 Å². The maximum atomic E-state index is 13.1. The van der Waals surface area contributed by atoms with Crippen LogP contribution in [0.5, 0.6) is 0 Å². The number of benzene rings is 1. The number of rotatable bonds is 1. The van der Waals surface area contributed by atoms with Gasteiger partial charge in [-0.05, 0) is 12.0 Å². The number of nitrogens with zero attached hydrogens (tertiary/aromatic N) is 2. The van der Waals surface area contributed by atoms with Crippen LogP contribution in [0.2, 0.25) is 5.02 Å². The smallest absolute Gasteiger partial charge is 0.258 e. The Morgan fingerprint density at radius 3 is 2.73 bits per heavy atom. The van der Waals surface area contributed by atoms with E-state index in [1.165, 1.54) is 6.07 Å². The molecular weight excluding hydrogens is 223 g/mol. The van der Waals surface area contributed by atoms with Gasteiger partial charge >= 0.3 is 5.69 Å². The molecule has 15 heavy (non-hydrogen) atoms. The molecule has 0 amide bonds. The molecule has 4 nitrogen and oxygen atoms in total. The number of nitriles is 1. The average Bonchev–Trinajstić information content (AvgIpc) is 2.18. The molecule has 0 bridgehead atoms. The molecule has 0 aliphatic rings. The third kappa shape index (κ3) is 2.43. The summed E-state index contributed by atoms with van der Waals surface area (Å²) in [5.74, 6) is 3.24. The van der Waals surface area contributed by atoms with E-state index in [4.69, 9.17) is 16.9 Å². The molecule has 0 aliphatic carbocycles. The summed E-state index contributed by atoms with van der Waals surface area (Å²) in [4.78, 5) is 9.43. The van der Waals surface area contributed by atoms with E-state index < -0.39 is 16.4 Å². The molecule has 0 radical (unpaired) electrons. The fourth-order valence-corrected chi connectivity index (χ4v) is 1.07. The summed E-state index contributed by atoms with van der Waals surface area (Å²) in [5, 5.41) is 18.4. The third-order valence-corrected chi connectivity index (χ3v) is 1.80. The minimum atomic E-state index is -1.04. The lowest BCUT2D eigenvalue weighted by Gasteiger charge is -1.97. The van der Waals surface area contributed by atoms with Crippen LogP contribution >= 0.6 is 11.6 Å². The fraction of sp³-hybridized carbons (Fsp3) is 0. The first-order valence-corrected chi connectivity index (χ1v) is 3.97. The van der Waals surface area contributed by atoms with Crippen molar-refractivity contribution in [3.63, 3.8) is 0 Å². The van der Waals surface area contributed by atoms with Gasteiger partial charge in [-0.3, -0.25) is 10.1 Å². The van der Waals surface area contributed by atoms with Gasteiger partial charge < -0.3 is 0 Å². The van der Waals surface area contributed by atoms with Gasteiger partial charge in [0.25, 0.3) is 0 Å². The van der Waals surface area contributed by atoms with Crippen LogP contribution in [0.25, 0.3) is 0 Å². The van der Waals surface area contributed by atoms with Crippen molar-refractivity contribution < 1.29 is 9.31 Å². The summed E-state index contributed by atoms with van der Waals surface area (Å²) >= 11 is 5.60. The molecule has 1 aromatic carbocycles. The van der Waals surface area contributed by atoms with Crippen LogP contribution in [-0.2, 0) is 0 Å². The zero-order chi connectivity index (χ0) is 11.4. The Kier molecular flexibility index (Phi) is 3.22. The summed E-state index contributed by atoms with van der Waals surface area (Å²) in [6.07, 6.45) is 0. The van der Waals surface area contributed by atoms with E-state index in [0.717, 1.165) is 12.1 Å². The second-order valence-corrected chi connectivity index (χ2v) is 2.81. The zero-order valence-corrected chi connectivity index (χ0v) is 7.88. The highest BCUT2D eigenvalue weighted by Crippen LogP contribution is 2.25. The Balaban J connectivity index is 3.33. The highest BCUT2D eigenvalue weighted by Gasteiger charge is 2.16. The number of hydrogen-bond donors (Lipinski definition) is 0. The predicted molar refractivity (Wildman–Crippen MR) is 50.6 cm³/mol. The zero-order valence-electron chi connectivity index (χ0n) is 7.12. The summed E-state index contributed by atoms with van der Waals surface area (Å²) in [5.41, 5.74) is -0.677. The Bertz CT molecular complexity index is 525. The van der Waals surface area contributed by atoms with E-state index >= 15 is 0 Å². The number of halogens is 2. The van der Waals surface area contributed by atoms with Gasteiger partial charge in [0.05, 0.1) is 9.95 Å². The first-order valence-electron chi connectivity index (χ1n) is 3.60. The summed E-state index contributed by atoms with van der Waals surface area (Å²) in [6.45, 7) is 0. The average molecular weight is 225 g/mol. The molecule has 0 aliphatic heterocycles. The highest BCUT2D eigenvalue weighted by molar-refractivity contribution is 6.32. The molecule has 0 saturated carbocycles. The maximum Gasteiger partial charge on any atom is 0.306 e. The van der Waals surface area contributed by atoms with Gasteiger partial charge in [0, 0.05) is 17.6 Å². The van der Waals surface area contributed by atoms with Crippen molar-refractivity contribution in [2.45, 2.75) is 0 Å². The van der Waals surface area contributed by atoms with Gasteiger partial charge in [-0.1, -0.05) is 11.6 Å². The molecule has 74 valence electrons. The maximum absolute atomic E-state index is 13.1. The SMILES string of the molecule is N#CC#Cc1cc(F)c([N+](=O)[O-])cc1Cl. The molecular formula is C9H2ClFN2O2. The summed E-state index contributed by atoms with van der Waals surface area (Å²) in [6, 6.07) is 3.21. The summed E-state index contributed by atoms with van der Waals surface area (Å²) in [7, 11) is 0. The van der Waals surface area contributed by atoms with Gasteiger partial charge in [-0.15, -0.1) is 0 Å². The first-order chi connectivity index (χ1) is 7.06. The molecule has 0 spiro atoms. The molecule has 0 aromatic heterocycles. The number of hydrogen-bond acceptors (Lipinski definition) is 3. The van der Waals surface area contributed by atoms with Crippen LogP contribution in [0.15, 0.2) is 12.1 Å². The van der Waals surface area contributed by atoms with Gasteiger partial charge in [0.1, 0.15) is 0 Å². The van der Waals surface area contributed by atoms with Crippen molar-refractivity contribution in [2.24, 2.45) is 0 Å². The molecule has 0 unspecified atom stereocenters. The van der Waals surface area contributed by atoms with Gasteiger partial charge in [-0.2, -0.15) is 9.65 Å². The van der Waals surface area contributed by atoms with Crippen molar-refractivity contribution >= 4 is 17.3 Å². The van der Waals surface area contributed by atoms with Crippen molar-refractivity contribution in [1.29, 1.82) is 5.26 Å². The van der Waals surface area contributed by atoms with Crippen LogP contribution in [0.4, 0.5) is 10.1 Å². The van der Waals surface area contributed by atoms with Crippen molar-refractivity contribution in [1.82, 2.24) is 0 Å². The minimum Gasteiger partial charge on any atom is -0.258 e. The van der Waals surface area contributed by atoms with E-state index in [0.29, 0.717) is 0 Å². The van der Waals surface area contributed by atoms with Gasteiger partial charge in [0.15, 0.2) is 6.07 Å². The van der Waals surface area contributed by atoms with Crippen molar-refractivity contribution in [3.8, 4) is 17.9 Å². The standard InChI is InChI=1S/C9H2ClFN2O2/c10-7-5-9(13(14)15)8(11)4-6(7)2-1-3-12/h4-5H. The highest BCUT2D eigenvalue weighted by atomic mass is 35.5. The molecule has 0 saturated heterocycles. The molecule has 0 fully saturated rings. The molecule has 0 atom stereocenters. The third-order valence-electron chi connectivity index (χ3n) is 1.49. The van der Waals surface area contributed by atoms with E-state index in [2.05, 4.69) is 5.92 Å². The van der Waals surface area contributed by atoms with Gasteiger partial charge in [0.2, 0.25) is 5.82 Å². The van der Waals surface area contributed by atoms with Crippen molar-refractivity contribution in [2.75, 3.05) is 0 Å². The summed E-state index contributed by atoms with van der Waals surface area (Å²) < 4.78 is 13.1. The Morgan fingerprint density at radius 1 is 1.53 bits per heavy atom. The van der Waals surface area contributed by atoms with E-state index in [1.807, 2.05) is 5.92 Å². The fourth-order valence-electron chi connectivity index (χ4n) is 0.867. The first kappa shape index (κ1) is 11.0. The largest absolute Gasteiger partial charge is 0.306 e. The molecule has 0 N–H and O–H groups in total. The van der Waals surface area contributed by atoms with Crippen LogP contribution in [-0.4, -0.2) is 4.92 Å². The van der Waals surface area contributed by atoms with E-state index in [1.54, 1.807) is 0 Å². The lowest BCUT2D eigenvalue weighted by molar-refractivity contribution is -0.387. The quantitative estimate of drug-likeness (QED) is 0.417. The molecule has 6 heteroatoms. The monoisotopic (exact) mass is 224 g/mol. The Hall–Kier alpha value is -2.11. The van der Waals surface area contributed by atoms with Crippen LogP contribution in [0, 0.1) is 39.1 Å². The normalized spacial score (nSPS) is 8.60. The number of nitro groups is 1. The van der Waals surface area contributed by atoms with Crippen LogP contribution in [0.3, 0.4) is 0 Å². The Morgan fingerprint density at radius 2 is 2.20 bits per heavy atom. The number of nitro benzene ring substituents is 1. The minimum absolute atomic E-state index is 0.0429. The van der Waals surface area contributed by atoms with E-state index in [-0.39, 0.29) is 10.6 Å². The van der Waals surface area contributed by atoms with E-state index in [9.17, 15) is 14.5 Å². The predicted octanol–water partition coefficient (Wildman–Crippen LogP) is 2.26. The molecule has 1 aromatic rings. The van der Waals surface area contributed by atoms with Crippen LogP contribution < -0.4 is 0 Å². The topological polar surface area (TPSA) is 66.9 Å². The second-order valence-electron chi connectivity index (χ2n) is 2.40. The lowest BCUT2D eigenvalue weighted by Crippen LogP contribution is -1.93. The van der Waals surface area contributed by atoms with Crippen LogP contribution in [0.1, 0.15) is 5.56 Å². The molecule has 1 rings (SSSR count).